The number of halogens is 2. The van der Waals surface area contributed by atoms with Crippen molar-refractivity contribution in [3.8, 4) is 6.07 Å². The van der Waals surface area contributed by atoms with E-state index in [0.29, 0.717) is 39.8 Å². The molecule has 13 heteroatoms. The molecular weight excluding hydrogens is 657 g/mol. The van der Waals surface area contributed by atoms with E-state index in [4.69, 9.17) is 5.26 Å². The van der Waals surface area contributed by atoms with Gasteiger partial charge in [-0.25, -0.2) is 4.57 Å². The van der Waals surface area contributed by atoms with E-state index in [-0.39, 0.29) is 0 Å². The lowest BCUT2D eigenvalue weighted by Crippen LogP contribution is -2.36. The molecule has 0 saturated carbocycles. The number of nitriles is 1. The fraction of sp³-hybridized carbons (Fsp3) is 0.429. The molecule has 0 radical (unpaired) electrons. The Labute approximate surface area is 284 Å². The van der Waals surface area contributed by atoms with E-state index >= 15 is 0 Å². The van der Waals surface area contributed by atoms with Gasteiger partial charge in [-0.3, -0.25) is 0 Å². The minimum Gasteiger partial charge on any atom is -0.317 e. The quantitative estimate of drug-likeness (QED) is 0.202. The fourth-order valence-electron chi connectivity index (χ4n) is 5.99. The summed E-state index contributed by atoms with van der Waals surface area (Å²) in [6.45, 7) is 6.00. The van der Waals surface area contributed by atoms with Gasteiger partial charge in [0.05, 0.1) is 13.1 Å². The highest BCUT2D eigenvalue weighted by Gasteiger charge is 2.29. The number of rotatable bonds is 6. The van der Waals surface area contributed by atoms with Gasteiger partial charge >= 0.3 is 20.8 Å². The molecule has 0 spiro atoms. The fourth-order valence-corrected chi connectivity index (χ4v) is 7.47. The van der Waals surface area contributed by atoms with E-state index in [2.05, 4.69) is 47.8 Å². The van der Waals surface area contributed by atoms with Gasteiger partial charge in [-0.1, -0.05) is 84.5 Å². The van der Waals surface area contributed by atoms with Gasteiger partial charge in [-0.05, 0) is 86.7 Å². The Bertz CT molecular complexity index is 1820. The topological polar surface area (TPSA) is 116 Å². The highest BCUT2D eigenvalue weighted by Crippen LogP contribution is 2.24. The SMILES string of the molecule is CC#N.Cc1n(S(=O)(=O)F)c2ccccc2[n+]1C.O=S(=O)(F)N1CCC(Cc2ccccc2)CC1.c1ccc(CC2CCNCC2)cc1. The number of benzene rings is 3. The normalized spacial score (nSPS) is 15.9. The number of hydrogen-bond donors (Lipinski definition) is 1. The van der Waals surface area contributed by atoms with Crippen LogP contribution in [0.4, 0.5) is 7.77 Å². The molecule has 3 heterocycles. The number of piperidine rings is 2. The highest BCUT2D eigenvalue weighted by atomic mass is 32.3. The number of imidazole rings is 1. The van der Waals surface area contributed by atoms with E-state index < -0.39 is 20.8 Å². The van der Waals surface area contributed by atoms with Crippen molar-refractivity contribution in [2.75, 3.05) is 26.2 Å². The molecule has 1 N–H and O–H groups in total. The van der Waals surface area contributed by atoms with Crippen LogP contribution in [0, 0.1) is 30.1 Å². The minimum atomic E-state index is -4.74. The lowest BCUT2D eigenvalue weighted by Gasteiger charge is -2.28. The number of fused-ring (bicyclic) bond motifs is 1. The van der Waals surface area contributed by atoms with Crippen molar-refractivity contribution in [1.29, 1.82) is 5.26 Å². The zero-order valence-corrected chi connectivity index (χ0v) is 29.4. The number of nitrogens with one attached hydrogen (secondary N) is 1. The molecule has 0 atom stereocenters. The summed E-state index contributed by atoms with van der Waals surface area (Å²) in [4.78, 5) is 0. The average Bonchev–Trinajstić information content (AvgIpc) is 3.33. The summed E-state index contributed by atoms with van der Waals surface area (Å²) in [7, 11) is -7.54. The summed E-state index contributed by atoms with van der Waals surface area (Å²) in [6.07, 6.45) is 6.36. The molecule has 9 nitrogen and oxygen atoms in total. The van der Waals surface area contributed by atoms with Gasteiger partial charge < -0.3 is 5.32 Å². The van der Waals surface area contributed by atoms with Gasteiger partial charge in [0.2, 0.25) is 0 Å². The molecule has 3 aromatic carbocycles. The molecule has 2 aliphatic rings. The summed E-state index contributed by atoms with van der Waals surface area (Å²) >= 11 is 0. The zero-order valence-electron chi connectivity index (χ0n) is 27.8. The van der Waals surface area contributed by atoms with Crippen LogP contribution in [0.2, 0.25) is 0 Å². The van der Waals surface area contributed by atoms with Gasteiger partial charge in [0.25, 0.3) is 5.82 Å². The van der Waals surface area contributed by atoms with E-state index in [9.17, 15) is 24.6 Å². The molecule has 6 rings (SSSR count). The van der Waals surface area contributed by atoms with Crippen molar-refractivity contribution < 1.29 is 29.2 Å². The van der Waals surface area contributed by atoms with Crippen LogP contribution in [0.25, 0.3) is 11.0 Å². The van der Waals surface area contributed by atoms with Crippen LogP contribution in [0.15, 0.2) is 84.9 Å². The van der Waals surface area contributed by atoms with Crippen molar-refractivity contribution in [3.05, 3.63) is 102 Å². The first-order valence-electron chi connectivity index (χ1n) is 16.1. The largest absolute Gasteiger partial charge is 0.481 e. The molecule has 0 amide bonds. The number of para-hydroxylation sites is 2. The van der Waals surface area contributed by atoms with E-state index in [1.807, 2.05) is 18.2 Å². The molecule has 0 unspecified atom stereocenters. The van der Waals surface area contributed by atoms with Crippen molar-refractivity contribution >= 4 is 31.9 Å². The maximum atomic E-state index is 13.0. The predicted molar refractivity (Wildman–Crippen MR) is 185 cm³/mol. The molecule has 2 saturated heterocycles. The van der Waals surface area contributed by atoms with Gasteiger partial charge in [0.15, 0.2) is 11.0 Å². The van der Waals surface area contributed by atoms with Crippen LogP contribution >= 0.6 is 0 Å². The molecule has 2 aliphatic heterocycles. The lowest BCUT2D eigenvalue weighted by molar-refractivity contribution is -0.651. The van der Waals surface area contributed by atoms with Crippen LogP contribution in [0.5, 0.6) is 0 Å². The van der Waals surface area contributed by atoms with E-state index in [1.165, 1.54) is 50.4 Å². The molecule has 4 aromatic rings. The molecule has 2 fully saturated rings. The zero-order chi connectivity index (χ0) is 35.2. The van der Waals surface area contributed by atoms with E-state index in [0.717, 1.165) is 29.5 Å². The maximum Gasteiger partial charge on any atom is 0.481 e. The summed E-state index contributed by atoms with van der Waals surface area (Å²) in [5.74, 6) is 1.69. The Morgan fingerprint density at radius 2 is 1.21 bits per heavy atom. The monoisotopic (exact) mass is 702 g/mol. The van der Waals surface area contributed by atoms with Crippen molar-refractivity contribution in [2.45, 2.75) is 52.4 Å². The summed E-state index contributed by atoms with van der Waals surface area (Å²) in [6, 6.07) is 29.4. The van der Waals surface area contributed by atoms with Gasteiger partial charge in [-0.15, -0.1) is 0 Å². The van der Waals surface area contributed by atoms with Gasteiger partial charge in [-0.2, -0.15) is 26.4 Å². The predicted octanol–water partition coefficient (Wildman–Crippen LogP) is 5.75. The first-order chi connectivity index (χ1) is 22.8. The molecule has 0 aliphatic carbocycles. The second-order valence-corrected chi connectivity index (χ2v) is 14.4. The standard InChI is InChI=1S/C12H16FNO2S.C12H17N.C9H10FN2O2S.C2H3N/c13-17(15,16)14-8-6-12(7-9-14)10-11-4-2-1-3-5-11;1-2-4-11(5-3-1)10-12-6-8-13-9-7-12;1-7-11(2)8-5-3-4-6-9(8)12(7)15(10,13)14;1-2-3/h1-5,12H,6-10H2;1-5,12-13H,6-10H2;3-6H,1-2H3;1H3/q;;+1;. The molecule has 48 heavy (non-hydrogen) atoms. The third kappa shape index (κ3) is 12.1. The molecule has 1 aromatic heterocycles. The number of aryl methyl sites for hydroxylation is 1. The minimum absolute atomic E-state index is 0.302. The van der Waals surface area contributed by atoms with Crippen LogP contribution < -0.4 is 9.88 Å². The average molecular weight is 703 g/mol. The molecule has 260 valence electrons. The van der Waals surface area contributed by atoms with Crippen molar-refractivity contribution in [3.63, 3.8) is 0 Å². The summed E-state index contributed by atoms with van der Waals surface area (Å²) in [5, 5.41) is 10.7. The lowest BCUT2D eigenvalue weighted by atomic mass is 9.91. The van der Waals surface area contributed by atoms with Crippen LogP contribution in [-0.4, -0.2) is 51.3 Å². The second-order valence-electron chi connectivity index (χ2n) is 11.9. The third-order valence-corrected chi connectivity index (χ3v) is 10.4. The Balaban J connectivity index is 0.000000189. The smallest absolute Gasteiger partial charge is 0.317 e. The molecule has 0 bridgehead atoms. The number of aromatic nitrogens is 2. The molecular formula is C35H46F2N5O4S2+. The summed E-state index contributed by atoms with van der Waals surface area (Å²) in [5.41, 5.74) is 3.78. The van der Waals surface area contributed by atoms with Gasteiger partial charge in [0.1, 0.15) is 0 Å². The van der Waals surface area contributed by atoms with Crippen molar-refractivity contribution in [2.24, 2.45) is 18.9 Å². The Kier molecular flexibility index (Phi) is 15.1. The van der Waals surface area contributed by atoms with Crippen LogP contribution in [-0.2, 0) is 40.7 Å². The van der Waals surface area contributed by atoms with Crippen molar-refractivity contribution in [1.82, 2.24) is 13.6 Å². The third-order valence-electron chi connectivity index (χ3n) is 8.53. The summed E-state index contributed by atoms with van der Waals surface area (Å²) < 4.78 is 72.4. The Hall–Kier alpha value is -3.70. The Morgan fingerprint density at radius 1 is 0.771 bits per heavy atom. The maximum absolute atomic E-state index is 13.0. The Morgan fingerprint density at radius 3 is 1.67 bits per heavy atom. The van der Waals surface area contributed by atoms with Gasteiger partial charge in [0, 0.05) is 26.9 Å². The van der Waals surface area contributed by atoms with E-state index in [1.54, 1.807) is 48.9 Å². The van der Waals surface area contributed by atoms with Crippen LogP contribution in [0.1, 0.15) is 49.6 Å². The second kappa shape index (κ2) is 18.7. The first kappa shape index (κ1) is 38.7. The van der Waals surface area contributed by atoms with Crippen LogP contribution in [0.3, 0.4) is 0 Å². The highest BCUT2D eigenvalue weighted by molar-refractivity contribution is 7.85. The first-order valence-corrected chi connectivity index (χ1v) is 18.7. The number of nitrogens with zero attached hydrogens (tertiary/aromatic N) is 4. The number of hydrogen-bond acceptors (Lipinski definition) is 6.